The molecule has 0 aliphatic carbocycles. The van der Waals surface area contributed by atoms with Crippen molar-refractivity contribution in [3.63, 3.8) is 0 Å². The van der Waals surface area contributed by atoms with Gasteiger partial charge < -0.3 is 32.5 Å². The number of primary amides is 1. The normalized spacial score (nSPS) is 15.0. The summed E-state index contributed by atoms with van der Waals surface area (Å²) in [6, 6.07) is -3.33. The molecule has 4 atom stereocenters. The Morgan fingerprint density at radius 1 is 0.966 bits per heavy atom. The molecule has 0 saturated carbocycles. The van der Waals surface area contributed by atoms with Gasteiger partial charge in [0.2, 0.25) is 23.6 Å². The molecule has 0 radical (unpaired) electrons. The molecule has 166 valence electrons. The lowest BCUT2D eigenvalue weighted by Gasteiger charge is -2.22. The highest BCUT2D eigenvalue weighted by Gasteiger charge is 2.28. The topological polar surface area (TPSA) is 194 Å². The maximum absolute atomic E-state index is 12.4. The van der Waals surface area contributed by atoms with Gasteiger partial charge in [0.15, 0.2) is 0 Å². The molecular formula is C18H33N5O6. The van der Waals surface area contributed by atoms with Crippen molar-refractivity contribution in [2.24, 2.45) is 23.3 Å². The van der Waals surface area contributed by atoms with Crippen LogP contribution in [0.2, 0.25) is 0 Å². The van der Waals surface area contributed by atoms with Crippen LogP contribution in [-0.2, 0) is 24.0 Å². The van der Waals surface area contributed by atoms with Crippen molar-refractivity contribution >= 4 is 29.6 Å². The second-order valence-corrected chi connectivity index (χ2v) is 7.45. The van der Waals surface area contributed by atoms with Gasteiger partial charge in [-0.3, -0.25) is 19.2 Å². The molecule has 0 aliphatic rings. The molecule has 0 bridgehead atoms. The summed E-state index contributed by atoms with van der Waals surface area (Å²) in [5, 5.41) is 16.2. The number of nitrogens with two attached hydrogens (primary N) is 2. The largest absolute Gasteiger partial charge is 0.480 e. The molecule has 29 heavy (non-hydrogen) atoms. The van der Waals surface area contributed by atoms with Crippen molar-refractivity contribution < 1.29 is 29.1 Å². The Morgan fingerprint density at radius 2 is 1.55 bits per heavy atom. The number of hydrogen-bond donors (Lipinski definition) is 6. The number of carbonyl (C=O) groups is 5. The van der Waals surface area contributed by atoms with Crippen LogP contribution in [0.15, 0.2) is 0 Å². The molecule has 0 heterocycles. The molecule has 11 nitrogen and oxygen atoms in total. The van der Waals surface area contributed by atoms with E-state index in [2.05, 4.69) is 16.0 Å². The monoisotopic (exact) mass is 415 g/mol. The summed E-state index contributed by atoms with van der Waals surface area (Å²) in [6.07, 6.45) is 0.330. The predicted octanol–water partition coefficient (Wildman–Crippen LogP) is -1.55. The lowest BCUT2D eigenvalue weighted by Crippen LogP contribution is -2.55. The first-order chi connectivity index (χ1) is 13.4. The van der Waals surface area contributed by atoms with Crippen molar-refractivity contribution in [1.29, 1.82) is 0 Å². The predicted molar refractivity (Wildman–Crippen MR) is 105 cm³/mol. The van der Waals surface area contributed by atoms with E-state index >= 15 is 0 Å². The summed E-state index contributed by atoms with van der Waals surface area (Å²) in [6.45, 7) is 6.80. The van der Waals surface area contributed by atoms with E-state index in [1.807, 2.05) is 6.92 Å². The Hall–Kier alpha value is -2.69. The third-order valence-electron chi connectivity index (χ3n) is 4.36. The van der Waals surface area contributed by atoms with E-state index < -0.39 is 60.7 Å². The van der Waals surface area contributed by atoms with Crippen LogP contribution in [0.25, 0.3) is 0 Å². The van der Waals surface area contributed by atoms with Crippen LogP contribution in [0, 0.1) is 11.8 Å². The van der Waals surface area contributed by atoms with E-state index in [0.29, 0.717) is 6.42 Å². The maximum Gasteiger partial charge on any atom is 0.326 e. The van der Waals surface area contributed by atoms with Gasteiger partial charge in [0, 0.05) is 0 Å². The third kappa shape index (κ3) is 10.4. The van der Waals surface area contributed by atoms with Crippen LogP contribution in [0.5, 0.6) is 0 Å². The number of carbonyl (C=O) groups excluding carboxylic acids is 4. The molecule has 4 unspecified atom stereocenters. The molecule has 0 aromatic heterocycles. The second kappa shape index (κ2) is 12.7. The molecule has 0 aromatic rings. The van der Waals surface area contributed by atoms with Crippen molar-refractivity contribution in [1.82, 2.24) is 16.0 Å². The zero-order chi connectivity index (χ0) is 22.7. The zero-order valence-electron chi connectivity index (χ0n) is 17.4. The van der Waals surface area contributed by atoms with Gasteiger partial charge in [-0.2, -0.15) is 0 Å². The quantitative estimate of drug-likeness (QED) is 0.209. The van der Waals surface area contributed by atoms with Crippen molar-refractivity contribution in [3.8, 4) is 0 Å². The highest BCUT2D eigenvalue weighted by atomic mass is 16.4. The van der Waals surface area contributed by atoms with Crippen LogP contribution in [0.4, 0.5) is 0 Å². The molecule has 11 heteroatoms. The highest BCUT2D eigenvalue weighted by molar-refractivity contribution is 5.94. The van der Waals surface area contributed by atoms with Crippen molar-refractivity contribution in [2.45, 2.75) is 65.1 Å². The molecule has 0 aromatic carbocycles. The number of rotatable bonds is 13. The number of carboxylic acids is 1. The van der Waals surface area contributed by atoms with Gasteiger partial charge in [0.1, 0.15) is 12.1 Å². The first-order valence-electron chi connectivity index (χ1n) is 9.53. The van der Waals surface area contributed by atoms with E-state index in [-0.39, 0.29) is 18.3 Å². The SMILES string of the molecule is CCC(C)C(N)C(=O)NCC(=O)NC(CC(N)=O)C(=O)NC(CC(C)C)C(=O)O. The van der Waals surface area contributed by atoms with Crippen LogP contribution in [-0.4, -0.2) is 59.4 Å². The summed E-state index contributed by atoms with van der Waals surface area (Å²) < 4.78 is 0. The summed E-state index contributed by atoms with van der Waals surface area (Å²) >= 11 is 0. The van der Waals surface area contributed by atoms with Gasteiger partial charge >= 0.3 is 5.97 Å². The Bertz CT molecular complexity index is 610. The van der Waals surface area contributed by atoms with E-state index in [1.165, 1.54) is 0 Å². The molecule has 0 fully saturated rings. The van der Waals surface area contributed by atoms with Crippen LogP contribution >= 0.6 is 0 Å². The molecule has 4 amide bonds. The van der Waals surface area contributed by atoms with Crippen LogP contribution < -0.4 is 27.4 Å². The van der Waals surface area contributed by atoms with Crippen LogP contribution in [0.3, 0.4) is 0 Å². The summed E-state index contributed by atoms with van der Waals surface area (Å²) in [5.41, 5.74) is 10.9. The Morgan fingerprint density at radius 3 is 2.00 bits per heavy atom. The van der Waals surface area contributed by atoms with Gasteiger partial charge in [-0.05, 0) is 18.3 Å². The maximum atomic E-state index is 12.4. The molecular weight excluding hydrogens is 382 g/mol. The average molecular weight is 415 g/mol. The second-order valence-electron chi connectivity index (χ2n) is 7.45. The minimum absolute atomic E-state index is 0.00878. The number of amides is 4. The lowest BCUT2D eigenvalue weighted by molar-refractivity contribution is -0.142. The van der Waals surface area contributed by atoms with Crippen molar-refractivity contribution in [2.75, 3.05) is 6.54 Å². The summed E-state index contributed by atoms with van der Waals surface area (Å²) in [4.78, 5) is 59.0. The molecule has 0 saturated heterocycles. The molecule has 0 aliphatic heterocycles. The molecule has 8 N–H and O–H groups in total. The lowest BCUT2D eigenvalue weighted by atomic mass is 9.99. The van der Waals surface area contributed by atoms with Gasteiger partial charge in [0.05, 0.1) is 19.0 Å². The van der Waals surface area contributed by atoms with E-state index in [9.17, 15) is 29.1 Å². The first-order valence-corrected chi connectivity index (χ1v) is 9.53. The fraction of sp³-hybridized carbons (Fsp3) is 0.722. The third-order valence-corrected chi connectivity index (χ3v) is 4.36. The van der Waals surface area contributed by atoms with Crippen molar-refractivity contribution in [3.05, 3.63) is 0 Å². The van der Waals surface area contributed by atoms with Gasteiger partial charge in [-0.25, -0.2) is 4.79 Å². The Kier molecular flexibility index (Phi) is 11.5. The summed E-state index contributed by atoms with van der Waals surface area (Å²) in [5.74, 6) is -4.30. The fourth-order valence-corrected chi connectivity index (χ4v) is 2.42. The van der Waals surface area contributed by atoms with Gasteiger partial charge in [-0.15, -0.1) is 0 Å². The summed E-state index contributed by atoms with van der Waals surface area (Å²) in [7, 11) is 0. The van der Waals surface area contributed by atoms with Gasteiger partial charge in [-0.1, -0.05) is 34.1 Å². The Labute approximate surface area is 170 Å². The molecule has 0 spiro atoms. The smallest absolute Gasteiger partial charge is 0.326 e. The standard InChI is InChI=1S/C18H33N5O6/c1-5-10(4)15(20)17(27)21-8-14(25)22-11(7-13(19)24)16(26)23-12(18(28)29)6-9(2)3/h9-12,15H,5-8,20H2,1-4H3,(H2,19,24)(H,21,27)(H,22,25)(H,23,26)(H,28,29). The minimum atomic E-state index is -1.37. The number of aliphatic carboxylic acids is 1. The highest BCUT2D eigenvalue weighted by Crippen LogP contribution is 2.06. The van der Waals surface area contributed by atoms with Gasteiger partial charge in [0.25, 0.3) is 0 Å². The molecule has 0 rings (SSSR count). The average Bonchev–Trinajstić information content (AvgIpc) is 2.62. The minimum Gasteiger partial charge on any atom is -0.480 e. The number of nitrogens with one attached hydrogen (secondary N) is 3. The van der Waals surface area contributed by atoms with E-state index in [4.69, 9.17) is 11.5 Å². The first kappa shape index (κ1) is 26.3. The van der Waals surface area contributed by atoms with Crippen LogP contribution in [0.1, 0.15) is 47.0 Å². The Balaban J connectivity index is 4.95. The van der Waals surface area contributed by atoms with E-state index in [0.717, 1.165) is 0 Å². The number of carboxylic acid groups (broad SMARTS) is 1. The fourth-order valence-electron chi connectivity index (χ4n) is 2.42. The zero-order valence-corrected chi connectivity index (χ0v) is 17.4. The van der Waals surface area contributed by atoms with E-state index in [1.54, 1.807) is 20.8 Å². The number of hydrogen-bond acceptors (Lipinski definition) is 6.